The van der Waals surface area contributed by atoms with Crippen molar-refractivity contribution < 1.29 is 9.31 Å². The topological polar surface area (TPSA) is 43.1 Å². The van der Waals surface area contributed by atoms with E-state index in [2.05, 4.69) is 0 Å². The van der Waals surface area contributed by atoms with E-state index in [4.69, 9.17) is 0 Å². The summed E-state index contributed by atoms with van der Waals surface area (Å²) in [6.07, 6.45) is 0. The maximum atomic E-state index is 12.2. The van der Waals surface area contributed by atoms with Crippen LogP contribution in [-0.4, -0.2) is 4.92 Å². The van der Waals surface area contributed by atoms with Crippen LogP contribution in [0.4, 0.5) is 10.1 Å². The summed E-state index contributed by atoms with van der Waals surface area (Å²) in [5.41, 5.74) is 0.768. The summed E-state index contributed by atoms with van der Waals surface area (Å²) < 4.78 is 12.2. The first-order chi connectivity index (χ1) is 4.70. The van der Waals surface area contributed by atoms with Crippen LogP contribution in [0.2, 0.25) is 0 Å². The smallest absolute Gasteiger partial charge is 0.258 e. The van der Waals surface area contributed by atoms with Crippen molar-refractivity contribution in [1.29, 1.82) is 0 Å². The molecule has 3 nitrogen and oxygen atoms in total. The van der Waals surface area contributed by atoms with Gasteiger partial charge >= 0.3 is 0 Å². The number of nitro groups is 1. The Morgan fingerprint density at radius 2 is 1.90 bits per heavy atom. The first-order valence-electron chi connectivity index (χ1n) is 2.68. The quantitative estimate of drug-likeness (QED) is 0.445. The van der Waals surface area contributed by atoms with Gasteiger partial charge in [-0.3, -0.25) is 10.1 Å². The molecule has 0 saturated heterocycles. The average Bonchev–Trinajstić information content (AvgIpc) is 2.38. The number of benzene rings is 1. The lowest BCUT2D eigenvalue weighted by Gasteiger charge is -1.79. The fourth-order valence-electron chi connectivity index (χ4n) is 0.917. The molecule has 0 saturated carbocycles. The van der Waals surface area contributed by atoms with Crippen LogP contribution in [0.15, 0.2) is 12.1 Å². The molecule has 0 aromatic carbocycles. The Kier molecular flexibility index (Phi) is 0.716. The van der Waals surface area contributed by atoms with Gasteiger partial charge in [0.25, 0.3) is 5.69 Å². The van der Waals surface area contributed by atoms with E-state index in [-0.39, 0.29) is 11.5 Å². The Balaban J connectivity index is 2.47. The summed E-state index contributed by atoms with van der Waals surface area (Å²) in [4.78, 5) is 9.49. The van der Waals surface area contributed by atoms with E-state index in [1.54, 1.807) is 0 Å². The molecule has 50 valence electrons. The number of fused-ring (bicyclic) bond motifs is 1. The first kappa shape index (κ1) is 5.34. The van der Waals surface area contributed by atoms with Gasteiger partial charge in [0.1, 0.15) is 5.82 Å². The second kappa shape index (κ2) is 1.34. The zero-order valence-corrected chi connectivity index (χ0v) is 4.80. The highest BCUT2D eigenvalue weighted by atomic mass is 19.1. The molecule has 2 aliphatic carbocycles. The van der Waals surface area contributed by atoms with Crippen molar-refractivity contribution >= 4 is 5.69 Å². The lowest BCUT2D eigenvalue weighted by atomic mass is 10.5. The van der Waals surface area contributed by atoms with Gasteiger partial charge in [-0.15, -0.1) is 0 Å². The zero-order chi connectivity index (χ0) is 7.30. The summed E-state index contributed by atoms with van der Waals surface area (Å²) in [5, 5.41) is 10.0. The second-order valence-electron chi connectivity index (χ2n) is 2.11. The van der Waals surface area contributed by atoms with Crippen LogP contribution in [0.1, 0.15) is 0 Å². The van der Waals surface area contributed by atoms with E-state index < -0.39 is 4.92 Å². The number of non-ortho nitro benzene ring substituents is 1. The third kappa shape index (κ3) is 0.478. The van der Waals surface area contributed by atoms with Crippen LogP contribution in [-0.2, 0) is 0 Å². The Morgan fingerprint density at radius 3 is 2.30 bits per heavy atom. The van der Waals surface area contributed by atoms with Gasteiger partial charge in [-0.05, 0) is 0 Å². The normalized spacial score (nSPS) is 11.3. The summed E-state index contributed by atoms with van der Waals surface area (Å²) in [6.45, 7) is 0. The van der Waals surface area contributed by atoms with Crippen molar-refractivity contribution in [3.8, 4) is 11.1 Å². The predicted molar refractivity (Wildman–Crippen MR) is 32.0 cm³/mol. The highest BCUT2D eigenvalue weighted by molar-refractivity contribution is 5.86. The lowest BCUT2D eigenvalue weighted by Crippen LogP contribution is -1.82. The van der Waals surface area contributed by atoms with Gasteiger partial charge < -0.3 is 0 Å². The number of hydrogen-bond donors (Lipinski definition) is 0. The lowest BCUT2D eigenvalue weighted by molar-refractivity contribution is -0.384. The second-order valence-corrected chi connectivity index (χ2v) is 2.11. The molecule has 0 N–H and O–H groups in total. The van der Waals surface area contributed by atoms with Crippen molar-refractivity contribution in [2.24, 2.45) is 0 Å². The molecular weight excluding hydrogens is 137 g/mol. The summed E-state index contributed by atoms with van der Waals surface area (Å²) in [5.74, 6) is -0.300. The molecule has 2 rings (SSSR count). The molecule has 0 aliphatic heterocycles. The van der Waals surface area contributed by atoms with Crippen molar-refractivity contribution in [1.82, 2.24) is 0 Å². The Hall–Kier alpha value is -1.45. The number of nitro benzene ring substituents is 1. The standard InChI is InChI=1S/C6H2FNO2/c7-6-4-1-3(8(9)10)2-5(4)6/h1-2H. The Bertz CT molecular complexity index is 312. The van der Waals surface area contributed by atoms with Crippen LogP contribution < -0.4 is 0 Å². The third-order valence-corrected chi connectivity index (χ3v) is 1.50. The number of rotatable bonds is 1. The van der Waals surface area contributed by atoms with Gasteiger partial charge in [0.15, 0.2) is 0 Å². The first-order valence-corrected chi connectivity index (χ1v) is 2.68. The van der Waals surface area contributed by atoms with E-state index >= 15 is 0 Å². The summed E-state index contributed by atoms with van der Waals surface area (Å²) in [7, 11) is 0. The molecule has 0 fully saturated rings. The SMILES string of the molecule is O=[N+]([O-])c1cc2c(F)c-2c1. The van der Waals surface area contributed by atoms with Crippen LogP contribution in [0.5, 0.6) is 0 Å². The minimum Gasteiger partial charge on any atom is -0.258 e. The van der Waals surface area contributed by atoms with E-state index in [0.29, 0.717) is 11.1 Å². The summed E-state index contributed by atoms with van der Waals surface area (Å²) >= 11 is 0. The maximum Gasteiger partial charge on any atom is 0.270 e. The van der Waals surface area contributed by atoms with Gasteiger partial charge in [-0.25, -0.2) is 4.39 Å². The molecular formula is C6H2FNO2. The van der Waals surface area contributed by atoms with Gasteiger partial charge in [-0.1, -0.05) is 0 Å². The van der Waals surface area contributed by atoms with Crippen molar-refractivity contribution in [3.63, 3.8) is 0 Å². The van der Waals surface area contributed by atoms with Gasteiger partial charge in [0.05, 0.1) is 4.92 Å². The number of nitrogens with zero attached hydrogens (tertiary/aromatic N) is 1. The van der Waals surface area contributed by atoms with Gasteiger partial charge in [0, 0.05) is 23.3 Å². The molecule has 0 radical (unpaired) electrons. The molecule has 0 atom stereocenters. The molecule has 0 aromatic rings. The maximum absolute atomic E-state index is 12.2. The minimum atomic E-state index is -0.528. The van der Waals surface area contributed by atoms with Crippen LogP contribution in [0.25, 0.3) is 11.1 Å². The zero-order valence-electron chi connectivity index (χ0n) is 4.80. The molecule has 10 heavy (non-hydrogen) atoms. The largest absolute Gasteiger partial charge is 0.270 e. The van der Waals surface area contributed by atoms with Crippen molar-refractivity contribution in [3.05, 3.63) is 28.1 Å². The molecule has 4 heteroatoms. The highest BCUT2D eigenvalue weighted by Gasteiger charge is 2.30. The van der Waals surface area contributed by atoms with E-state index in [1.807, 2.05) is 0 Å². The Morgan fingerprint density at radius 1 is 1.40 bits per heavy atom. The van der Waals surface area contributed by atoms with Crippen molar-refractivity contribution in [2.45, 2.75) is 0 Å². The van der Waals surface area contributed by atoms with Crippen LogP contribution in [0.3, 0.4) is 0 Å². The minimum absolute atomic E-state index is 0.0219. The monoisotopic (exact) mass is 139 g/mol. The Labute approximate surface area is 55.2 Å². The molecule has 2 aliphatic rings. The molecule has 0 amide bonds. The number of halogens is 1. The summed E-state index contributed by atoms with van der Waals surface area (Å²) in [6, 6.07) is 2.48. The fourth-order valence-corrected chi connectivity index (χ4v) is 0.917. The van der Waals surface area contributed by atoms with E-state index in [0.717, 1.165) is 0 Å². The molecule has 0 aromatic heterocycles. The van der Waals surface area contributed by atoms with Crippen LogP contribution >= 0.6 is 0 Å². The van der Waals surface area contributed by atoms with Crippen LogP contribution in [0, 0.1) is 15.9 Å². The van der Waals surface area contributed by atoms with Crippen molar-refractivity contribution in [2.75, 3.05) is 0 Å². The molecule has 0 spiro atoms. The van der Waals surface area contributed by atoms with E-state index in [1.165, 1.54) is 12.1 Å². The third-order valence-electron chi connectivity index (χ3n) is 1.50. The average molecular weight is 139 g/mol. The van der Waals surface area contributed by atoms with Gasteiger partial charge in [0.2, 0.25) is 0 Å². The molecule has 0 heterocycles. The van der Waals surface area contributed by atoms with Gasteiger partial charge in [-0.2, -0.15) is 0 Å². The predicted octanol–water partition coefficient (Wildman–Crippen LogP) is 1.71. The van der Waals surface area contributed by atoms with E-state index in [9.17, 15) is 14.5 Å². The highest BCUT2D eigenvalue weighted by Crippen LogP contribution is 2.44. The number of hydrogen-bond acceptors (Lipinski definition) is 2. The molecule has 0 bridgehead atoms. The fraction of sp³-hybridized carbons (Fsp3) is 0. The molecule has 0 unspecified atom stereocenters.